The molecule has 3 fully saturated rings. The number of carboxylic acids is 1. The first-order valence-electron chi connectivity index (χ1n) is 15.1. The summed E-state index contributed by atoms with van der Waals surface area (Å²) < 4.78 is 19.3. The van der Waals surface area contributed by atoms with Gasteiger partial charge in [0.1, 0.15) is 29.8 Å². The minimum atomic E-state index is -1.07. The molecule has 3 aliphatic rings. The van der Waals surface area contributed by atoms with Gasteiger partial charge in [0.05, 0.1) is 60.3 Å². The number of aromatic nitrogens is 3. The number of pyridine rings is 1. The van der Waals surface area contributed by atoms with Crippen LogP contribution in [-0.2, 0) is 29.8 Å². The predicted octanol–water partition coefficient (Wildman–Crippen LogP) is 4.41. The summed E-state index contributed by atoms with van der Waals surface area (Å²) in [6, 6.07) is 18.5. The number of nitriles is 2. The van der Waals surface area contributed by atoms with Gasteiger partial charge in [0, 0.05) is 30.2 Å². The second-order valence-corrected chi connectivity index (χ2v) is 12.1. The lowest BCUT2D eigenvalue weighted by Crippen LogP contribution is -2.37. The van der Waals surface area contributed by atoms with Crippen molar-refractivity contribution >= 4 is 17.0 Å². The van der Waals surface area contributed by atoms with E-state index in [0.29, 0.717) is 47.2 Å². The van der Waals surface area contributed by atoms with Crippen LogP contribution in [0.2, 0.25) is 0 Å². The van der Waals surface area contributed by atoms with Crippen molar-refractivity contribution < 1.29 is 24.1 Å². The van der Waals surface area contributed by atoms with Crippen molar-refractivity contribution in [2.24, 2.45) is 5.92 Å². The molecule has 2 aliphatic heterocycles. The molecular weight excluding hydrogens is 572 g/mol. The van der Waals surface area contributed by atoms with Gasteiger partial charge in [-0.15, -0.1) is 0 Å². The summed E-state index contributed by atoms with van der Waals surface area (Å²) in [5, 5.41) is 28.6. The molecule has 2 aromatic heterocycles. The smallest absolute Gasteiger partial charge is 0.335 e. The Labute approximate surface area is 260 Å². The number of imidazole rings is 1. The van der Waals surface area contributed by atoms with E-state index in [1.54, 1.807) is 25.3 Å². The van der Waals surface area contributed by atoms with Gasteiger partial charge in [-0.3, -0.25) is 4.90 Å². The molecule has 0 amide bonds. The first-order chi connectivity index (χ1) is 21.9. The van der Waals surface area contributed by atoms with Gasteiger partial charge in [0.2, 0.25) is 5.88 Å². The number of piperidine rings is 1. The van der Waals surface area contributed by atoms with Gasteiger partial charge in [0.15, 0.2) is 0 Å². The Balaban J connectivity index is 1.06. The zero-order valence-corrected chi connectivity index (χ0v) is 24.9. The summed E-state index contributed by atoms with van der Waals surface area (Å²) in [7, 11) is 1.58. The Hall–Kier alpha value is -4.97. The molecule has 0 radical (unpaired) electrons. The Kier molecular flexibility index (Phi) is 7.36. The molecule has 2 unspecified atom stereocenters. The average Bonchev–Trinajstić information content (AvgIpc) is 3.68. The van der Waals surface area contributed by atoms with Gasteiger partial charge in [-0.05, 0) is 62.1 Å². The zero-order valence-electron chi connectivity index (χ0n) is 24.9. The third-order valence-electron chi connectivity index (χ3n) is 9.46. The molecule has 2 aromatic carbocycles. The fraction of sp³-hybridized carbons (Fsp3) is 0.382. The van der Waals surface area contributed by atoms with E-state index in [9.17, 15) is 20.4 Å². The van der Waals surface area contributed by atoms with Crippen LogP contribution < -0.4 is 9.47 Å². The van der Waals surface area contributed by atoms with Crippen molar-refractivity contribution in [1.82, 2.24) is 19.4 Å². The molecule has 3 atom stereocenters. The summed E-state index contributed by atoms with van der Waals surface area (Å²) >= 11 is 0. The third-order valence-corrected chi connectivity index (χ3v) is 9.46. The largest absolute Gasteiger partial charge is 0.496 e. The second kappa shape index (κ2) is 11.5. The molecule has 1 aliphatic carbocycles. The number of carbonyl (C=O) groups is 1. The third kappa shape index (κ3) is 5.35. The van der Waals surface area contributed by atoms with Crippen LogP contribution in [0.15, 0.2) is 48.5 Å². The molecule has 1 N–H and O–H groups in total. The number of ether oxygens (including phenoxy) is 3. The zero-order chi connectivity index (χ0) is 31.1. The quantitative estimate of drug-likeness (QED) is 0.276. The lowest BCUT2D eigenvalue weighted by molar-refractivity contribution is -0.0592. The Morgan fingerprint density at radius 1 is 1.18 bits per heavy atom. The number of fused-ring (bicyclic) bond motifs is 2. The Morgan fingerprint density at radius 2 is 2.04 bits per heavy atom. The summed E-state index contributed by atoms with van der Waals surface area (Å²) in [4.78, 5) is 24.0. The minimum Gasteiger partial charge on any atom is -0.496 e. The van der Waals surface area contributed by atoms with Crippen LogP contribution in [0.25, 0.3) is 11.0 Å². The van der Waals surface area contributed by atoms with E-state index in [-0.39, 0.29) is 29.3 Å². The SMILES string of the molecule is COc1cc(C#N)ccc1COc1cccc(C23CCN(Cc4nc5c(C#N)cc(C(=O)O)cc5n4C[C@@H]4CCO4)CC2C3)n1. The summed E-state index contributed by atoms with van der Waals surface area (Å²) in [6.45, 7) is 3.93. The minimum absolute atomic E-state index is 0.0201. The maximum Gasteiger partial charge on any atom is 0.335 e. The Bertz CT molecular complexity index is 1890. The van der Waals surface area contributed by atoms with Crippen LogP contribution in [0.3, 0.4) is 0 Å². The summed E-state index contributed by atoms with van der Waals surface area (Å²) in [5.74, 6) is 1.37. The predicted molar refractivity (Wildman–Crippen MR) is 162 cm³/mol. The first kappa shape index (κ1) is 28.8. The number of benzene rings is 2. The molecule has 7 rings (SSSR count). The van der Waals surface area contributed by atoms with E-state index in [1.165, 1.54) is 6.07 Å². The number of likely N-dealkylation sites (tertiary alicyclic amines) is 1. The molecule has 1 saturated carbocycles. The van der Waals surface area contributed by atoms with E-state index in [0.717, 1.165) is 56.0 Å². The maximum absolute atomic E-state index is 11.8. The van der Waals surface area contributed by atoms with Crippen LogP contribution in [0, 0.1) is 28.6 Å². The highest BCUT2D eigenvalue weighted by Gasteiger charge is 2.58. The highest BCUT2D eigenvalue weighted by molar-refractivity contribution is 5.95. The van der Waals surface area contributed by atoms with Gasteiger partial charge in [0.25, 0.3) is 0 Å². The van der Waals surface area contributed by atoms with Crippen molar-refractivity contribution in [3.8, 4) is 23.8 Å². The maximum atomic E-state index is 11.8. The van der Waals surface area contributed by atoms with Crippen LogP contribution in [0.1, 0.15) is 57.8 Å². The molecule has 11 heteroatoms. The molecule has 4 heterocycles. The average molecular weight is 605 g/mol. The molecule has 228 valence electrons. The molecule has 11 nitrogen and oxygen atoms in total. The summed E-state index contributed by atoms with van der Waals surface area (Å²) in [5.41, 5.74) is 3.99. The molecule has 0 spiro atoms. The van der Waals surface area contributed by atoms with E-state index in [2.05, 4.69) is 23.1 Å². The van der Waals surface area contributed by atoms with Gasteiger partial charge in [-0.2, -0.15) is 10.5 Å². The second-order valence-electron chi connectivity index (χ2n) is 12.1. The number of methoxy groups -OCH3 is 1. The first-order valence-corrected chi connectivity index (χ1v) is 15.1. The standard InChI is InChI=1S/C34H32N6O5/c1-43-28-11-21(15-35)5-6-22(28)20-45-31-4-2-3-29(37-31)34-8-9-39(17-25(34)14-34)19-30-38-32-24(16-36)12-23(33(41)42)13-27(32)40(30)18-26-7-10-44-26/h2-6,11-13,25-26H,7-10,14,17-20H2,1H3,(H,41,42)/t25?,26-,34?/m0/s1. The summed E-state index contributed by atoms with van der Waals surface area (Å²) in [6.07, 6.45) is 3.00. The number of nitrogens with zero attached hydrogens (tertiary/aromatic N) is 6. The van der Waals surface area contributed by atoms with Crippen LogP contribution in [-0.4, -0.2) is 63.4 Å². The highest BCUT2D eigenvalue weighted by atomic mass is 16.5. The van der Waals surface area contributed by atoms with E-state index in [1.807, 2.05) is 22.8 Å². The molecule has 0 bridgehead atoms. The number of carboxylic acid groups (broad SMARTS) is 1. The van der Waals surface area contributed by atoms with Gasteiger partial charge in [-0.25, -0.2) is 14.8 Å². The number of rotatable bonds is 10. The van der Waals surface area contributed by atoms with Crippen molar-refractivity contribution in [1.29, 1.82) is 10.5 Å². The Morgan fingerprint density at radius 3 is 2.76 bits per heavy atom. The van der Waals surface area contributed by atoms with Crippen LogP contribution in [0.5, 0.6) is 11.6 Å². The topological polar surface area (TPSA) is 147 Å². The van der Waals surface area contributed by atoms with Crippen molar-refractivity contribution in [3.05, 3.63) is 82.3 Å². The number of hydrogen-bond donors (Lipinski definition) is 1. The fourth-order valence-corrected chi connectivity index (χ4v) is 6.77. The fourth-order valence-electron chi connectivity index (χ4n) is 6.77. The normalized spacial score (nSPS) is 22.1. The monoisotopic (exact) mass is 604 g/mol. The van der Waals surface area contributed by atoms with E-state index < -0.39 is 5.97 Å². The molecule has 4 aromatic rings. The molecule has 2 saturated heterocycles. The van der Waals surface area contributed by atoms with Crippen LogP contribution in [0.4, 0.5) is 0 Å². The lowest BCUT2D eigenvalue weighted by Gasteiger charge is -2.32. The van der Waals surface area contributed by atoms with Crippen LogP contribution >= 0.6 is 0 Å². The van der Waals surface area contributed by atoms with Crippen molar-refractivity contribution in [2.75, 3.05) is 26.8 Å². The van der Waals surface area contributed by atoms with Gasteiger partial charge < -0.3 is 23.9 Å². The van der Waals surface area contributed by atoms with E-state index in [4.69, 9.17) is 24.2 Å². The van der Waals surface area contributed by atoms with E-state index >= 15 is 0 Å². The van der Waals surface area contributed by atoms with Crippen molar-refractivity contribution in [2.45, 2.75) is 50.5 Å². The highest BCUT2D eigenvalue weighted by Crippen LogP contribution is 2.59. The molecular formula is C34H32N6O5. The van der Waals surface area contributed by atoms with Crippen molar-refractivity contribution in [3.63, 3.8) is 0 Å². The molecule has 45 heavy (non-hydrogen) atoms. The number of aromatic carboxylic acids is 1. The van der Waals surface area contributed by atoms with Gasteiger partial charge >= 0.3 is 5.97 Å². The van der Waals surface area contributed by atoms with Gasteiger partial charge in [-0.1, -0.05) is 12.1 Å². The number of hydrogen-bond acceptors (Lipinski definition) is 9. The lowest BCUT2D eigenvalue weighted by atomic mass is 9.91.